The second-order valence-electron chi connectivity index (χ2n) is 7.10. The summed E-state index contributed by atoms with van der Waals surface area (Å²) in [5.74, 6) is 0.213. The van der Waals surface area contributed by atoms with Gasteiger partial charge in [-0.25, -0.2) is 0 Å². The molecule has 23 heavy (non-hydrogen) atoms. The molecule has 0 spiro atoms. The summed E-state index contributed by atoms with van der Waals surface area (Å²) in [5.41, 5.74) is 4.05. The van der Waals surface area contributed by atoms with Crippen molar-refractivity contribution in [1.29, 1.82) is 0 Å². The van der Waals surface area contributed by atoms with Gasteiger partial charge in [0.15, 0.2) is 0 Å². The molecule has 0 fully saturated rings. The van der Waals surface area contributed by atoms with Crippen molar-refractivity contribution in [2.75, 3.05) is 7.11 Å². The standard InChI is InChI=1S/C20H32O3/c1-7-8-9-12-20(4,5)17-13-16(10-11-18(21)23-6)14(2)15(3)19(17)22/h13,22H,7-12H2,1-6H3. The number of carbonyl (C=O) groups excluding carboxylic acids is 1. The largest absolute Gasteiger partial charge is 0.507 e. The minimum absolute atomic E-state index is 0.0717. The minimum atomic E-state index is -0.195. The van der Waals surface area contributed by atoms with E-state index in [2.05, 4.69) is 26.8 Å². The van der Waals surface area contributed by atoms with Gasteiger partial charge in [0.05, 0.1) is 7.11 Å². The van der Waals surface area contributed by atoms with E-state index in [1.54, 1.807) is 0 Å². The second kappa shape index (κ2) is 8.37. The average Bonchev–Trinajstić information content (AvgIpc) is 2.51. The van der Waals surface area contributed by atoms with Crippen LogP contribution in [0.4, 0.5) is 0 Å². The number of aryl methyl sites for hydroxylation is 1. The quantitative estimate of drug-likeness (QED) is 0.543. The fourth-order valence-electron chi connectivity index (χ4n) is 3.04. The van der Waals surface area contributed by atoms with Crippen molar-refractivity contribution < 1.29 is 14.6 Å². The van der Waals surface area contributed by atoms with Crippen molar-refractivity contribution in [2.24, 2.45) is 0 Å². The summed E-state index contributed by atoms with van der Waals surface area (Å²) in [5, 5.41) is 10.6. The van der Waals surface area contributed by atoms with E-state index < -0.39 is 0 Å². The van der Waals surface area contributed by atoms with E-state index in [1.165, 1.54) is 20.0 Å². The van der Waals surface area contributed by atoms with Gasteiger partial charge in [-0.2, -0.15) is 0 Å². The topological polar surface area (TPSA) is 46.5 Å². The van der Waals surface area contributed by atoms with E-state index in [0.717, 1.165) is 35.1 Å². The third-order valence-electron chi connectivity index (χ3n) is 4.93. The number of aromatic hydroxyl groups is 1. The molecule has 3 heteroatoms. The van der Waals surface area contributed by atoms with Crippen LogP contribution in [0.2, 0.25) is 0 Å². The van der Waals surface area contributed by atoms with Crippen LogP contribution in [0.5, 0.6) is 5.75 Å². The molecular weight excluding hydrogens is 288 g/mol. The first-order valence-corrected chi connectivity index (χ1v) is 8.64. The molecule has 0 unspecified atom stereocenters. The molecule has 0 aliphatic rings. The lowest BCUT2D eigenvalue weighted by Gasteiger charge is -2.28. The lowest BCUT2D eigenvalue weighted by Crippen LogP contribution is -2.18. The molecule has 0 amide bonds. The number of rotatable bonds is 8. The van der Waals surface area contributed by atoms with Crippen LogP contribution in [0.15, 0.2) is 6.07 Å². The molecular formula is C20H32O3. The third-order valence-corrected chi connectivity index (χ3v) is 4.93. The van der Waals surface area contributed by atoms with Gasteiger partial charge >= 0.3 is 5.97 Å². The van der Waals surface area contributed by atoms with E-state index in [4.69, 9.17) is 4.74 Å². The van der Waals surface area contributed by atoms with Crippen LogP contribution in [-0.4, -0.2) is 18.2 Å². The maximum absolute atomic E-state index is 11.4. The van der Waals surface area contributed by atoms with Crippen LogP contribution in [-0.2, 0) is 21.4 Å². The number of esters is 1. The normalized spacial score (nSPS) is 11.6. The highest BCUT2D eigenvalue weighted by Crippen LogP contribution is 2.39. The summed E-state index contributed by atoms with van der Waals surface area (Å²) in [7, 11) is 1.42. The molecule has 1 N–H and O–H groups in total. The highest BCUT2D eigenvalue weighted by Gasteiger charge is 2.26. The van der Waals surface area contributed by atoms with E-state index in [0.29, 0.717) is 18.6 Å². The highest BCUT2D eigenvalue weighted by molar-refractivity contribution is 5.69. The summed E-state index contributed by atoms with van der Waals surface area (Å²) < 4.78 is 4.74. The van der Waals surface area contributed by atoms with Crippen molar-refractivity contribution >= 4 is 5.97 Å². The zero-order valence-electron chi connectivity index (χ0n) is 15.6. The number of carbonyl (C=O) groups is 1. The van der Waals surface area contributed by atoms with Gasteiger partial charge in [0.2, 0.25) is 0 Å². The van der Waals surface area contributed by atoms with Crippen molar-refractivity contribution in [3.05, 3.63) is 28.3 Å². The second-order valence-corrected chi connectivity index (χ2v) is 7.10. The van der Waals surface area contributed by atoms with E-state index in [9.17, 15) is 9.90 Å². The number of hydrogen-bond acceptors (Lipinski definition) is 3. The first kappa shape index (κ1) is 19.5. The summed E-state index contributed by atoms with van der Waals surface area (Å²) in [4.78, 5) is 11.4. The van der Waals surface area contributed by atoms with Crippen molar-refractivity contribution in [2.45, 2.75) is 78.6 Å². The molecule has 130 valence electrons. The fourth-order valence-corrected chi connectivity index (χ4v) is 3.04. The van der Waals surface area contributed by atoms with Crippen molar-refractivity contribution in [3.8, 4) is 5.75 Å². The number of phenolic OH excluding ortho intramolecular Hbond substituents is 1. The Balaban J connectivity index is 3.11. The molecule has 0 saturated carbocycles. The number of unbranched alkanes of at least 4 members (excludes halogenated alkanes) is 2. The fraction of sp³-hybridized carbons (Fsp3) is 0.650. The van der Waals surface area contributed by atoms with Gasteiger partial charge in [0.25, 0.3) is 0 Å². The van der Waals surface area contributed by atoms with Crippen LogP contribution in [0.1, 0.15) is 75.1 Å². The number of ether oxygens (including phenoxy) is 1. The summed E-state index contributed by atoms with van der Waals surface area (Å²) in [6.07, 6.45) is 5.64. The Morgan fingerprint density at radius 1 is 1.22 bits per heavy atom. The maximum Gasteiger partial charge on any atom is 0.305 e. The maximum atomic E-state index is 11.4. The van der Waals surface area contributed by atoms with Crippen molar-refractivity contribution in [1.82, 2.24) is 0 Å². The Bertz CT molecular complexity index is 544. The van der Waals surface area contributed by atoms with Gasteiger partial charge in [0.1, 0.15) is 5.75 Å². The minimum Gasteiger partial charge on any atom is -0.507 e. The first-order valence-electron chi connectivity index (χ1n) is 8.64. The van der Waals surface area contributed by atoms with Crippen LogP contribution >= 0.6 is 0 Å². The lowest BCUT2D eigenvalue weighted by atomic mass is 9.77. The van der Waals surface area contributed by atoms with Crippen LogP contribution < -0.4 is 0 Å². The summed E-state index contributed by atoms with van der Waals surface area (Å²) in [6.45, 7) is 10.5. The Labute approximate surface area is 141 Å². The monoisotopic (exact) mass is 320 g/mol. The Morgan fingerprint density at radius 3 is 2.43 bits per heavy atom. The Hall–Kier alpha value is -1.51. The molecule has 3 nitrogen and oxygen atoms in total. The lowest BCUT2D eigenvalue weighted by molar-refractivity contribution is -0.140. The summed E-state index contributed by atoms with van der Waals surface area (Å²) in [6, 6.07) is 2.09. The third kappa shape index (κ3) is 4.98. The van der Waals surface area contributed by atoms with Gasteiger partial charge in [-0.15, -0.1) is 0 Å². The molecule has 0 bridgehead atoms. The van der Waals surface area contributed by atoms with Crippen molar-refractivity contribution in [3.63, 3.8) is 0 Å². The van der Waals surface area contributed by atoms with Gasteiger partial charge in [-0.3, -0.25) is 4.79 Å². The Kier molecular flexibility index (Phi) is 7.11. The van der Waals surface area contributed by atoms with Gasteiger partial charge < -0.3 is 9.84 Å². The average molecular weight is 320 g/mol. The molecule has 0 heterocycles. The van der Waals surface area contributed by atoms with Gasteiger partial charge in [0, 0.05) is 12.0 Å². The molecule has 0 aliphatic heterocycles. The predicted molar refractivity (Wildman–Crippen MR) is 95.1 cm³/mol. The van der Waals surface area contributed by atoms with E-state index in [-0.39, 0.29) is 11.4 Å². The van der Waals surface area contributed by atoms with Gasteiger partial charge in [-0.05, 0) is 48.8 Å². The van der Waals surface area contributed by atoms with E-state index >= 15 is 0 Å². The van der Waals surface area contributed by atoms with Gasteiger partial charge in [-0.1, -0.05) is 46.1 Å². The number of methoxy groups -OCH3 is 1. The molecule has 0 saturated heterocycles. The Morgan fingerprint density at radius 2 is 1.87 bits per heavy atom. The SMILES string of the molecule is CCCCCC(C)(C)c1cc(CCC(=O)OC)c(C)c(C)c1O. The molecule has 1 aromatic carbocycles. The first-order chi connectivity index (χ1) is 10.7. The van der Waals surface area contributed by atoms with Crippen LogP contribution in [0.25, 0.3) is 0 Å². The van der Waals surface area contributed by atoms with E-state index in [1.807, 2.05) is 13.8 Å². The summed E-state index contributed by atoms with van der Waals surface area (Å²) >= 11 is 0. The molecule has 0 radical (unpaired) electrons. The molecule has 0 aliphatic carbocycles. The van der Waals surface area contributed by atoms with Crippen LogP contribution in [0, 0.1) is 13.8 Å². The molecule has 0 atom stereocenters. The number of hydrogen-bond donors (Lipinski definition) is 1. The zero-order chi connectivity index (χ0) is 17.6. The molecule has 1 aromatic rings. The predicted octanol–water partition coefficient (Wildman–Crippen LogP) is 4.97. The number of benzene rings is 1. The zero-order valence-corrected chi connectivity index (χ0v) is 15.6. The molecule has 1 rings (SSSR count). The molecule has 0 aromatic heterocycles. The highest BCUT2D eigenvalue weighted by atomic mass is 16.5. The van der Waals surface area contributed by atoms with Crippen LogP contribution in [0.3, 0.4) is 0 Å². The number of phenols is 1. The smallest absolute Gasteiger partial charge is 0.305 e.